The molecular weight excluding hydrogens is 458 g/mol. The number of benzene rings is 2. The molecule has 4 rings (SSSR count). The van der Waals surface area contributed by atoms with Crippen LogP contribution in [0.5, 0.6) is 11.5 Å². The van der Waals surface area contributed by atoms with Crippen molar-refractivity contribution in [1.29, 1.82) is 0 Å². The van der Waals surface area contributed by atoms with E-state index in [1.807, 2.05) is 19.1 Å². The average Bonchev–Trinajstić information content (AvgIpc) is 2.89. The molecule has 0 bridgehead atoms. The van der Waals surface area contributed by atoms with Gasteiger partial charge in [0.2, 0.25) is 11.3 Å². The lowest BCUT2D eigenvalue weighted by Crippen LogP contribution is -2.25. The summed E-state index contributed by atoms with van der Waals surface area (Å²) in [5.74, 6) is 0.225. The van der Waals surface area contributed by atoms with Crippen LogP contribution in [0.3, 0.4) is 0 Å². The Labute approximate surface area is 208 Å². The van der Waals surface area contributed by atoms with Crippen molar-refractivity contribution in [3.8, 4) is 11.5 Å². The first kappa shape index (κ1) is 24.7. The molecule has 0 aliphatic rings. The maximum Gasteiger partial charge on any atom is 0.244 e. The molecule has 2 aromatic heterocycles. The van der Waals surface area contributed by atoms with Crippen LogP contribution in [-0.4, -0.2) is 35.5 Å². The lowest BCUT2D eigenvalue weighted by atomic mass is 10.0. The van der Waals surface area contributed by atoms with Gasteiger partial charge in [-0.3, -0.25) is 14.4 Å². The maximum absolute atomic E-state index is 13.3. The summed E-state index contributed by atoms with van der Waals surface area (Å²) < 4.78 is 12.1. The van der Waals surface area contributed by atoms with Crippen LogP contribution in [0, 0.1) is 6.92 Å². The molecule has 0 aliphatic heterocycles. The van der Waals surface area contributed by atoms with Crippen molar-refractivity contribution >= 4 is 28.4 Å². The van der Waals surface area contributed by atoms with E-state index in [0.29, 0.717) is 34.1 Å². The quantitative estimate of drug-likeness (QED) is 0.377. The van der Waals surface area contributed by atoms with Gasteiger partial charge in [-0.2, -0.15) is 0 Å². The molecule has 0 fully saturated rings. The van der Waals surface area contributed by atoms with E-state index in [4.69, 9.17) is 9.47 Å². The number of ether oxygens (including phenoxy) is 2. The molecule has 2 aromatic carbocycles. The van der Waals surface area contributed by atoms with E-state index in [-0.39, 0.29) is 23.4 Å². The van der Waals surface area contributed by atoms with Crippen LogP contribution in [-0.2, 0) is 17.8 Å². The smallest absolute Gasteiger partial charge is 0.244 e. The van der Waals surface area contributed by atoms with E-state index >= 15 is 0 Å². The lowest BCUT2D eigenvalue weighted by Gasteiger charge is -2.15. The number of carbonyl (C=O) groups excluding carboxylic acids is 2. The van der Waals surface area contributed by atoms with Gasteiger partial charge in [0, 0.05) is 23.5 Å². The Bertz CT molecular complexity index is 1510. The minimum Gasteiger partial charge on any atom is -0.497 e. The van der Waals surface area contributed by atoms with E-state index in [1.54, 1.807) is 49.4 Å². The van der Waals surface area contributed by atoms with Gasteiger partial charge in [-0.1, -0.05) is 31.2 Å². The second kappa shape index (κ2) is 10.4. The number of fused-ring (bicyclic) bond motifs is 1. The summed E-state index contributed by atoms with van der Waals surface area (Å²) in [6.07, 6.45) is 2.25. The van der Waals surface area contributed by atoms with Gasteiger partial charge in [-0.05, 0) is 43.2 Å². The third-order valence-corrected chi connectivity index (χ3v) is 5.92. The van der Waals surface area contributed by atoms with Gasteiger partial charge in [0.15, 0.2) is 5.78 Å². The van der Waals surface area contributed by atoms with Gasteiger partial charge < -0.3 is 19.4 Å². The van der Waals surface area contributed by atoms with Crippen molar-refractivity contribution in [2.75, 3.05) is 19.5 Å². The summed E-state index contributed by atoms with van der Waals surface area (Å²) in [5, 5.41) is 3.08. The maximum atomic E-state index is 13.3. The molecule has 0 saturated heterocycles. The van der Waals surface area contributed by atoms with Crippen LogP contribution in [0.4, 0.5) is 5.69 Å². The number of anilines is 1. The molecule has 36 heavy (non-hydrogen) atoms. The summed E-state index contributed by atoms with van der Waals surface area (Å²) >= 11 is 0. The summed E-state index contributed by atoms with van der Waals surface area (Å²) in [4.78, 5) is 44.1. The molecule has 0 aliphatic carbocycles. The van der Waals surface area contributed by atoms with Crippen LogP contribution in [0.2, 0.25) is 0 Å². The van der Waals surface area contributed by atoms with Crippen LogP contribution < -0.4 is 20.2 Å². The van der Waals surface area contributed by atoms with Crippen molar-refractivity contribution in [1.82, 2.24) is 9.55 Å². The number of ketones is 1. The first-order chi connectivity index (χ1) is 17.3. The van der Waals surface area contributed by atoms with E-state index in [0.717, 1.165) is 12.0 Å². The Morgan fingerprint density at radius 3 is 2.42 bits per heavy atom. The number of aryl methyl sites for hydroxylation is 2. The van der Waals surface area contributed by atoms with Gasteiger partial charge in [0.05, 0.1) is 30.9 Å². The number of nitrogens with one attached hydrogen (secondary N) is 1. The van der Waals surface area contributed by atoms with Gasteiger partial charge in [0.1, 0.15) is 23.7 Å². The zero-order chi connectivity index (χ0) is 25.8. The Hall–Kier alpha value is -4.46. The second-order valence-electron chi connectivity index (χ2n) is 8.32. The number of rotatable bonds is 8. The number of hydrogen-bond acceptors (Lipinski definition) is 6. The Morgan fingerprint density at radius 2 is 1.75 bits per heavy atom. The first-order valence-corrected chi connectivity index (χ1v) is 11.5. The van der Waals surface area contributed by atoms with E-state index in [1.165, 1.54) is 25.0 Å². The van der Waals surface area contributed by atoms with Gasteiger partial charge in [-0.25, -0.2) is 4.98 Å². The number of methoxy groups -OCH3 is 2. The zero-order valence-corrected chi connectivity index (χ0v) is 20.6. The van der Waals surface area contributed by atoms with Crippen molar-refractivity contribution in [3.63, 3.8) is 0 Å². The van der Waals surface area contributed by atoms with Crippen molar-refractivity contribution in [2.24, 2.45) is 0 Å². The third-order valence-electron chi connectivity index (χ3n) is 5.92. The SMILES string of the molecule is CCc1ccc(C(=O)c2cn(CC(=O)Nc3cc(OC)ccc3OC)c3nc(C)ccc3c2=O)cc1. The Kier molecular flexibility index (Phi) is 7.15. The van der Waals surface area contributed by atoms with Crippen LogP contribution in [0.25, 0.3) is 11.0 Å². The highest BCUT2D eigenvalue weighted by Crippen LogP contribution is 2.29. The zero-order valence-electron chi connectivity index (χ0n) is 20.6. The largest absolute Gasteiger partial charge is 0.497 e. The number of amides is 1. The number of aromatic nitrogens is 2. The summed E-state index contributed by atoms with van der Waals surface area (Å²) in [5.41, 5.74) is 2.49. The van der Waals surface area contributed by atoms with Crippen molar-refractivity contribution in [2.45, 2.75) is 26.8 Å². The van der Waals surface area contributed by atoms with E-state index < -0.39 is 11.2 Å². The molecule has 0 spiro atoms. The molecule has 0 saturated carbocycles. The van der Waals surface area contributed by atoms with Crippen LogP contribution >= 0.6 is 0 Å². The fraction of sp³-hybridized carbons (Fsp3) is 0.214. The molecule has 4 aromatic rings. The fourth-order valence-electron chi connectivity index (χ4n) is 3.95. The molecular formula is C28H27N3O5. The van der Waals surface area contributed by atoms with E-state index in [2.05, 4.69) is 10.3 Å². The summed E-state index contributed by atoms with van der Waals surface area (Å²) in [6.45, 7) is 3.65. The number of hydrogen-bond donors (Lipinski definition) is 1. The molecule has 8 heteroatoms. The van der Waals surface area contributed by atoms with Crippen molar-refractivity contribution < 1.29 is 19.1 Å². The number of carbonyl (C=O) groups is 2. The minimum atomic E-state index is -0.423. The second-order valence-corrected chi connectivity index (χ2v) is 8.32. The molecule has 1 amide bonds. The Balaban J connectivity index is 1.74. The molecule has 8 nitrogen and oxygen atoms in total. The summed E-state index contributed by atoms with van der Waals surface area (Å²) in [7, 11) is 3.03. The third kappa shape index (κ3) is 4.98. The lowest BCUT2D eigenvalue weighted by molar-refractivity contribution is -0.116. The molecule has 0 unspecified atom stereocenters. The van der Waals surface area contributed by atoms with Crippen molar-refractivity contribution in [3.05, 3.63) is 93.4 Å². The first-order valence-electron chi connectivity index (χ1n) is 11.5. The molecule has 1 N–H and O–H groups in total. The monoisotopic (exact) mass is 485 g/mol. The highest BCUT2D eigenvalue weighted by Gasteiger charge is 2.19. The average molecular weight is 486 g/mol. The van der Waals surface area contributed by atoms with Gasteiger partial charge in [-0.15, -0.1) is 0 Å². The van der Waals surface area contributed by atoms with Crippen LogP contribution in [0.1, 0.15) is 34.1 Å². The van der Waals surface area contributed by atoms with Crippen LogP contribution in [0.15, 0.2) is 65.6 Å². The van der Waals surface area contributed by atoms with Gasteiger partial charge in [0.25, 0.3) is 0 Å². The molecule has 0 atom stereocenters. The highest BCUT2D eigenvalue weighted by molar-refractivity contribution is 6.10. The predicted molar refractivity (Wildman–Crippen MR) is 138 cm³/mol. The van der Waals surface area contributed by atoms with E-state index in [9.17, 15) is 14.4 Å². The molecule has 184 valence electrons. The normalized spacial score (nSPS) is 10.8. The number of pyridine rings is 2. The standard InChI is InChI=1S/C28H27N3O5/c1-5-18-7-9-19(10-8-18)26(33)22-15-31(28-21(27(22)34)12-6-17(2)29-28)16-25(32)30-23-14-20(35-3)11-13-24(23)36-4/h6-15H,5,16H2,1-4H3,(H,30,32). The number of nitrogens with zero attached hydrogens (tertiary/aromatic N) is 2. The summed E-state index contributed by atoms with van der Waals surface area (Å²) in [6, 6.07) is 15.6. The molecule has 2 heterocycles. The topological polar surface area (TPSA) is 99.5 Å². The van der Waals surface area contributed by atoms with Gasteiger partial charge >= 0.3 is 0 Å². The predicted octanol–water partition coefficient (Wildman–Crippen LogP) is 4.15. The minimum absolute atomic E-state index is 0.0239. The highest BCUT2D eigenvalue weighted by atomic mass is 16.5. The fourth-order valence-corrected chi connectivity index (χ4v) is 3.95. The molecule has 0 radical (unpaired) electrons. The Morgan fingerprint density at radius 1 is 1.00 bits per heavy atom.